The number of rotatable bonds is 4. The van der Waals surface area contributed by atoms with E-state index >= 15 is 0 Å². The zero-order valence-corrected chi connectivity index (χ0v) is 13.1. The number of sulfonamides is 1. The van der Waals surface area contributed by atoms with Crippen LogP contribution >= 0.6 is 0 Å². The van der Waals surface area contributed by atoms with Crippen LogP contribution in [0.25, 0.3) is 0 Å². The van der Waals surface area contributed by atoms with Crippen LogP contribution in [0.3, 0.4) is 0 Å². The van der Waals surface area contributed by atoms with Gasteiger partial charge >= 0.3 is 0 Å². The summed E-state index contributed by atoms with van der Waals surface area (Å²) >= 11 is 0. The second-order valence-corrected chi connectivity index (χ2v) is 6.82. The third kappa shape index (κ3) is 3.49. The smallest absolute Gasteiger partial charge is 0.207 e. The third-order valence-electron chi connectivity index (χ3n) is 3.41. The van der Waals surface area contributed by atoms with E-state index < -0.39 is 15.8 Å². The standard InChI is InChI=1S/C16H18FNO2S/c1-11-6-4-5-7-14(11)10-18-21(19,20)16-12(2)8-15(17)9-13(16)3/h4-9,18H,10H2,1-3H3. The Labute approximate surface area is 124 Å². The summed E-state index contributed by atoms with van der Waals surface area (Å²) in [5.74, 6) is -0.428. The Morgan fingerprint density at radius 1 is 1.00 bits per heavy atom. The zero-order chi connectivity index (χ0) is 15.6. The van der Waals surface area contributed by atoms with E-state index in [0.717, 1.165) is 11.1 Å². The summed E-state index contributed by atoms with van der Waals surface area (Å²) in [6.07, 6.45) is 0. The lowest BCUT2D eigenvalue weighted by atomic mass is 10.1. The van der Waals surface area contributed by atoms with Gasteiger partial charge in [-0.1, -0.05) is 24.3 Å². The lowest BCUT2D eigenvalue weighted by Gasteiger charge is -2.13. The Morgan fingerprint density at radius 2 is 1.57 bits per heavy atom. The Balaban J connectivity index is 2.30. The van der Waals surface area contributed by atoms with Crippen LogP contribution in [0.4, 0.5) is 4.39 Å². The molecule has 3 nitrogen and oxygen atoms in total. The molecule has 0 spiro atoms. The summed E-state index contributed by atoms with van der Waals surface area (Å²) in [5.41, 5.74) is 2.75. The second kappa shape index (κ2) is 5.95. The predicted octanol–water partition coefficient (Wildman–Crippen LogP) is 3.23. The third-order valence-corrected chi connectivity index (χ3v) is 5.11. The molecule has 21 heavy (non-hydrogen) atoms. The lowest BCUT2D eigenvalue weighted by molar-refractivity contribution is 0.578. The van der Waals surface area contributed by atoms with Crippen LogP contribution in [0.2, 0.25) is 0 Å². The highest BCUT2D eigenvalue weighted by Gasteiger charge is 2.20. The van der Waals surface area contributed by atoms with Crippen LogP contribution in [0.1, 0.15) is 22.3 Å². The molecule has 0 radical (unpaired) electrons. The molecule has 0 aliphatic heterocycles. The monoisotopic (exact) mass is 307 g/mol. The molecule has 112 valence electrons. The van der Waals surface area contributed by atoms with Gasteiger partial charge in [-0.3, -0.25) is 0 Å². The molecular weight excluding hydrogens is 289 g/mol. The molecule has 0 heterocycles. The van der Waals surface area contributed by atoms with E-state index in [1.807, 2.05) is 31.2 Å². The second-order valence-electron chi connectivity index (χ2n) is 5.12. The summed E-state index contributed by atoms with van der Waals surface area (Å²) in [7, 11) is -3.67. The highest BCUT2D eigenvalue weighted by atomic mass is 32.2. The number of nitrogens with one attached hydrogen (secondary N) is 1. The zero-order valence-electron chi connectivity index (χ0n) is 12.3. The summed E-state index contributed by atoms with van der Waals surface area (Å²) in [4.78, 5) is 0.150. The highest BCUT2D eigenvalue weighted by Crippen LogP contribution is 2.21. The fourth-order valence-electron chi connectivity index (χ4n) is 2.37. The molecule has 5 heteroatoms. The van der Waals surface area contributed by atoms with Crippen molar-refractivity contribution < 1.29 is 12.8 Å². The fraction of sp³-hybridized carbons (Fsp3) is 0.250. The first-order valence-corrected chi connectivity index (χ1v) is 8.10. The van der Waals surface area contributed by atoms with Crippen LogP contribution in [0.15, 0.2) is 41.3 Å². The summed E-state index contributed by atoms with van der Waals surface area (Å²) in [5, 5.41) is 0. The maximum Gasteiger partial charge on any atom is 0.241 e. The largest absolute Gasteiger partial charge is 0.241 e. The SMILES string of the molecule is Cc1ccccc1CNS(=O)(=O)c1c(C)cc(F)cc1C. The topological polar surface area (TPSA) is 46.2 Å². The summed E-state index contributed by atoms with van der Waals surface area (Å²) < 4.78 is 40.7. The molecule has 2 aromatic carbocycles. The van der Waals surface area contributed by atoms with Gasteiger partial charge in [-0.2, -0.15) is 0 Å². The van der Waals surface area contributed by atoms with E-state index in [9.17, 15) is 12.8 Å². The Kier molecular flexibility index (Phi) is 4.44. The summed E-state index contributed by atoms with van der Waals surface area (Å²) in [6.45, 7) is 5.33. The van der Waals surface area contributed by atoms with Gasteiger partial charge in [-0.15, -0.1) is 0 Å². The molecule has 0 fully saturated rings. The Hall–Kier alpha value is -1.72. The van der Waals surface area contributed by atoms with E-state index in [2.05, 4.69) is 4.72 Å². The molecule has 0 amide bonds. The van der Waals surface area contributed by atoms with Crippen molar-refractivity contribution in [3.8, 4) is 0 Å². The van der Waals surface area contributed by atoms with Crippen LogP contribution in [0, 0.1) is 26.6 Å². The van der Waals surface area contributed by atoms with E-state index in [0.29, 0.717) is 11.1 Å². The first-order valence-electron chi connectivity index (χ1n) is 6.62. The number of benzene rings is 2. The number of hydrogen-bond donors (Lipinski definition) is 1. The highest BCUT2D eigenvalue weighted by molar-refractivity contribution is 7.89. The number of hydrogen-bond acceptors (Lipinski definition) is 2. The molecule has 0 bridgehead atoms. The van der Waals surface area contributed by atoms with Crippen molar-refractivity contribution in [2.24, 2.45) is 0 Å². The van der Waals surface area contributed by atoms with Crippen molar-refractivity contribution in [1.82, 2.24) is 4.72 Å². The van der Waals surface area contributed by atoms with E-state index in [1.165, 1.54) is 12.1 Å². The molecule has 0 atom stereocenters. The van der Waals surface area contributed by atoms with Gasteiger partial charge in [0.1, 0.15) is 5.82 Å². The fourth-order valence-corrected chi connectivity index (χ4v) is 3.83. The van der Waals surface area contributed by atoms with Crippen molar-refractivity contribution in [2.75, 3.05) is 0 Å². The minimum Gasteiger partial charge on any atom is -0.207 e. The lowest BCUT2D eigenvalue weighted by Crippen LogP contribution is -2.25. The minimum atomic E-state index is -3.67. The van der Waals surface area contributed by atoms with Crippen molar-refractivity contribution in [3.05, 3.63) is 64.5 Å². The number of halogens is 1. The molecule has 0 saturated carbocycles. The summed E-state index contributed by atoms with van der Waals surface area (Å²) in [6, 6.07) is 10.0. The van der Waals surface area contributed by atoms with Crippen LogP contribution in [-0.4, -0.2) is 8.42 Å². The average Bonchev–Trinajstić information content (AvgIpc) is 2.36. The Morgan fingerprint density at radius 3 is 2.14 bits per heavy atom. The minimum absolute atomic E-state index is 0.150. The molecule has 0 aromatic heterocycles. The van der Waals surface area contributed by atoms with Crippen molar-refractivity contribution in [3.63, 3.8) is 0 Å². The van der Waals surface area contributed by atoms with E-state index in [1.54, 1.807) is 13.8 Å². The van der Waals surface area contributed by atoms with Crippen molar-refractivity contribution >= 4 is 10.0 Å². The molecule has 1 N–H and O–H groups in total. The van der Waals surface area contributed by atoms with Gasteiger partial charge in [0.05, 0.1) is 4.90 Å². The van der Waals surface area contributed by atoms with Gasteiger partial charge in [0, 0.05) is 6.54 Å². The van der Waals surface area contributed by atoms with Crippen LogP contribution in [-0.2, 0) is 16.6 Å². The molecule has 2 rings (SSSR count). The van der Waals surface area contributed by atoms with Crippen LogP contribution < -0.4 is 4.72 Å². The Bertz CT molecular complexity index is 747. The van der Waals surface area contributed by atoms with Crippen molar-refractivity contribution in [2.45, 2.75) is 32.2 Å². The maximum atomic E-state index is 13.3. The quantitative estimate of drug-likeness (QED) is 0.942. The van der Waals surface area contributed by atoms with Gasteiger partial charge < -0.3 is 0 Å². The van der Waals surface area contributed by atoms with Gasteiger partial charge in [0.25, 0.3) is 0 Å². The average molecular weight is 307 g/mol. The van der Waals surface area contributed by atoms with Crippen molar-refractivity contribution in [1.29, 1.82) is 0 Å². The first-order chi connectivity index (χ1) is 9.81. The van der Waals surface area contributed by atoms with E-state index in [-0.39, 0.29) is 11.4 Å². The maximum absolute atomic E-state index is 13.3. The first kappa shape index (κ1) is 15.7. The van der Waals surface area contributed by atoms with Gasteiger partial charge in [0.15, 0.2) is 0 Å². The number of aryl methyl sites for hydroxylation is 3. The van der Waals surface area contributed by atoms with Gasteiger partial charge in [-0.25, -0.2) is 17.5 Å². The van der Waals surface area contributed by atoms with Crippen LogP contribution in [0.5, 0.6) is 0 Å². The van der Waals surface area contributed by atoms with Gasteiger partial charge in [-0.05, 0) is 55.2 Å². The molecule has 0 aliphatic carbocycles. The molecular formula is C16H18FNO2S. The van der Waals surface area contributed by atoms with E-state index in [4.69, 9.17) is 0 Å². The molecule has 0 aliphatic rings. The molecule has 2 aromatic rings. The molecule has 0 saturated heterocycles. The molecule has 0 unspecified atom stereocenters. The normalized spacial score (nSPS) is 11.6. The predicted molar refractivity (Wildman–Crippen MR) is 81.1 cm³/mol. The van der Waals surface area contributed by atoms with Gasteiger partial charge in [0.2, 0.25) is 10.0 Å².